The van der Waals surface area contributed by atoms with E-state index >= 15 is 0 Å². The third-order valence-electron chi connectivity index (χ3n) is 6.35. The standard InChI is InChI=1S/C20H24BF2N3/c1-18(22,23)14-2-3-16(25-11-14)20-7-5-19(12-20,6-8-20)13-26-17-10-15(21)4-9-24-17/h2-4,9-11H,5-8,12-13,21H2,1H3,(H,24,26). The Morgan fingerprint density at radius 2 is 1.92 bits per heavy atom. The highest BCUT2D eigenvalue weighted by Gasteiger charge is 2.55. The Bertz CT molecular complexity index is 793. The van der Waals surface area contributed by atoms with E-state index in [1.807, 2.05) is 18.3 Å². The Kier molecular flexibility index (Phi) is 4.05. The van der Waals surface area contributed by atoms with Gasteiger partial charge in [0.2, 0.25) is 0 Å². The third-order valence-corrected chi connectivity index (χ3v) is 6.35. The van der Waals surface area contributed by atoms with Crippen LogP contribution in [-0.2, 0) is 11.3 Å². The fourth-order valence-electron chi connectivity index (χ4n) is 4.79. The molecule has 0 aromatic carbocycles. The van der Waals surface area contributed by atoms with Crippen molar-refractivity contribution in [3.05, 3.63) is 47.9 Å². The van der Waals surface area contributed by atoms with Crippen molar-refractivity contribution >= 4 is 19.1 Å². The summed E-state index contributed by atoms with van der Waals surface area (Å²) in [5, 5.41) is 3.51. The summed E-state index contributed by atoms with van der Waals surface area (Å²) in [6, 6.07) is 7.43. The van der Waals surface area contributed by atoms with E-state index < -0.39 is 5.92 Å². The second-order valence-corrected chi connectivity index (χ2v) is 8.35. The number of halogens is 2. The van der Waals surface area contributed by atoms with Gasteiger partial charge < -0.3 is 5.32 Å². The van der Waals surface area contributed by atoms with Crippen molar-refractivity contribution in [3.63, 3.8) is 0 Å². The molecule has 0 amide bonds. The number of rotatable bonds is 5. The summed E-state index contributed by atoms with van der Waals surface area (Å²) >= 11 is 0. The molecule has 26 heavy (non-hydrogen) atoms. The van der Waals surface area contributed by atoms with E-state index in [9.17, 15) is 8.78 Å². The van der Waals surface area contributed by atoms with E-state index in [4.69, 9.17) is 0 Å². The third kappa shape index (κ3) is 3.10. The molecule has 3 nitrogen and oxygen atoms in total. The van der Waals surface area contributed by atoms with Gasteiger partial charge in [0, 0.05) is 42.5 Å². The van der Waals surface area contributed by atoms with Gasteiger partial charge in [0.05, 0.1) is 0 Å². The number of hydrogen-bond donors (Lipinski definition) is 1. The number of nitrogens with zero attached hydrogens (tertiary/aromatic N) is 2. The van der Waals surface area contributed by atoms with Crippen LogP contribution in [0.15, 0.2) is 36.7 Å². The van der Waals surface area contributed by atoms with E-state index in [-0.39, 0.29) is 16.4 Å². The first-order chi connectivity index (χ1) is 12.3. The van der Waals surface area contributed by atoms with E-state index in [1.165, 1.54) is 11.7 Å². The summed E-state index contributed by atoms with van der Waals surface area (Å²) < 4.78 is 26.9. The SMILES string of the molecule is Bc1ccnc(NCC23CCC(c4ccc(C(C)(F)F)cn4)(CC2)C3)c1. The monoisotopic (exact) mass is 355 g/mol. The van der Waals surface area contributed by atoms with Crippen molar-refractivity contribution < 1.29 is 8.78 Å². The lowest BCUT2D eigenvalue weighted by atomic mass is 9.80. The van der Waals surface area contributed by atoms with Crippen LogP contribution in [-0.4, -0.2) is 24.4 Å². The largest absolute Gasteiger partial charge is 0.370 e. The molecule has 0 spiro atoms. The minimum atomic E-state index is -2.83. The van der Waals surface area contributed by atoms with Crippen molar-refractivity contribution in [1.82, 2.24) is 9.97 Å². The lowest BCUT2D eigenvalue weighted by Gasteiger charge is -2.28. The van der Waals surface area contributed by atoms with Crippen LogP contribution in [0.1, 0.15) is 50.3 Å². The Morgan fingerprint density at radius 3 is 2.54 bits per heavy atom. The number of pyridine rings is 2. The number of fused-ring (bicyclic) bond motifs is 2. The Hall–Kier alpha value is -1.98. The number of anilines is 1. The first kappa shape index (κ1) is 17.4. The van der Waals surface area contributed by atoms with E-state index in [1.54, 1.807) is 6.07 Å². The van der Waals surface area contributed by atoms with Crippen LogP contribution in [0.4, 0.5) is 14.6 Å². The predicted molar refractivity (Wildman–Crippen MR) is 102 cm³/mol. The van der Waals surface area contributed by atoms with Crippen LogP contribution >= 0.6 is 0 Å². The Balaban J connectivity index is 1.47. The van der Waals surface area contributed by atoms with Crippen LogP contribution in [0.3, 0.4) is 0 Å². The number of alkyl halides is 2. The fourth-order valence-corrected chi connectivity index (χ4v) is 4.79. The summed E-state index contributed by atoms with van der Waals surface area (Å²) in [5.74, 6) is -1.90. The van der Waals surface area contributed by atoms with Crippen molar-refractivity contribution in [2.24, 2.45) is 5.41 Å². The van der Waals surface area contributed by atoms with Gasteiger partial charge in [-0.3, -0.25) is 4.98 Å². The first-order valence-electron chi connectivity index (χ1n) is 9.32. The summed E-state index contributed by atoms with van der Waals surface area (Å²) in [6.45, 7) is 1.83. The van der Waals surface area contributed by atoms with Gasteiger partial charge in [0.15, 0.2) is 0 Å². The molecule has 2 heterocycles. The molecule has 2 aliphatic rings. The molecule has 2 saturated carbocycles. The zero-order chi connectivity index (χ0) is 18.4. The maximum absolute atomic E-state index is 13.4. The zero-order valence-corrected chi connectivity index (χ0v) is 15.4. The number of aromatic nitrogens is 2. The maximum atomic E-state index is 13.4. The van der Waals surface area contributed by atoms with Crippen LogP contribution in [0.25, 0.3) is 0 Å². The van der Waals surface area contributed by atoms with Gasteiger partial charge in [-0.25, -0.2) is 13.8 Å². The van der Waals surface area contributed by atoms with Gasteiger partial charge in [0.25, 0.3) is 5.92 Å². The average Bonchev–Trinajstić information content (AvgIpc) is 3.18. The minimum Gasteiger partial charge on any atom is -0.370 e. The molecule has 6 heteroatoms. The molecule has 4 rings (SSSR count). The van der Waals surface area contributed by atoms with Crippen LogP contribution in [0, 0.1) is 5.41 Å². The summed E-state index contributed by atoms with van der Waals surface area (Å²) in [7, 11) is 2.07. The molecule has 0 radical (unpaired) electrons. The molecule has 2 aromatic rings. The van der Waals surface area contributed by atoms with Crippen LogP contribution in [0.5, 0.6) is 0 Å². The molecule has 2 aliphatic carbocycles. The molecule has 1 N–H and O–H groups in total. The second kappa shape index (κ2) is 6.03. The number of nitrogens with one attached hydrogen (secondary N) is 1. The van der Waals surface area contributed by atoms with Gasteiger partial charge in [0.1, 0.15) is 13.7 Å². The molecule has 2 bridgehead atoms. The molecule has 0 atom stereocenters. The molecule has 2 aromatic heterocycles. The number of hydrogen-bond acceptors (Lipinski definition) is 3. The lowest BCUT2D eigenvalue weighted by molar-refractivity contribution is 0.0170. The summed E-state index contributed by atoms with van der Waals surface area (Å²) in [5.41, 5.74) is 2.50. The van der Waals surface area contributed by atoms with E-state index in [2.05, 4.69) is 29.2 Å². The highest BCUT2D eigenvalue weighted by Crippen LogP contribution is 2.61. The van der Waals surface area contributed by atoms with E-state index in [0.29, 0.717) is 0 Å². The van der Waals surface area contributed by atoms with Gasteiger partial charge in [-0.15, -0.1) is 0 Å². The maximum Gasteiger partial charge on any atom is 0.272 e. The van der Waals surface area contributed by atoms with Gasteiger partial charge >= 0.3 is 0 Å². The Labute approximate surface area is 154 Å². The fraction of sp³-hybridized carbons (Fsp3) is 0.500. The normalized spacial score (nSPS) is 27.7. The highest BCUT2D eigenvalue weighted by molar-refractivity contribution is 6.32. The Morgan fingerprint density at radius 1 is 1.15 bits per heavy atom. The average molecular weight is 355 g/mol. The topological polar surface area (TPSA) is 37.8 Å². The predicted octanol–water partition coefficient (Wildman–Crippen LogP) is 3.16. The van der Waals surface area contributed by atoms with Gasteiger partial charge in [-0.05, 0) is 61.8 Å². The smallest absolute Gasteiger partial charge is 0.272 e. The molecular formula is C20H24BF2N3. The van der Waals surface area contributed by atoms with Gasteiger partial charge in [-0.1, -0.05) is 5.46 Å². The minimum absolute atomic E-state index is 0.00732. The highest BCUT2D eigenvalue weighted by atomic mass is 19.3. The van der Waals surface area contributed by atoms with Crippen molar-refractivity contribution in [3.8, 4) is 0 Å². The quantitative estimate of drug-likeness (QED) is 0.838. The first-order valence-corrected chi connectivity index (χ1v) is 9.32. The van der Waals surface area contributed by atoms with Crippen molar-refractivity contribution in [2.45, 2.75) is 50.4 Å². The molecular weight excluding hydrogens is 331 g/mol. The molecule has 136 valence electrons. The zero-order valence-electron chi connectivity index (χ0n) is 15.4. The lowest BCUT2D eigenvalue weighted by Crippen LogP contribution is -2.25. The molecule has 0 saturated heterocycles. The molecule has 0 unspecified atom stereocenters. The molecule has 2 fully saturated rings. The van der Waals surface area contributed by atoms with Crippen LogP contribution in [0.2, 0.25) is 0 Å². The summed E-state index contributed by atoms with van der Waals surface area (Å²) in [4.78, 5) is 8.84. The van der Waals surface area contributed by atoms with Crippen molar-refractivity contribution in [2.75, 3.05) is 11.9 Å². The van der Waals surface area contributed by atoms with E-state index in [0.717, 1.165) is 57.1 Å². The van der Waals surface area contributed by atoms with Crippen LogP contribution < -0.4 is 10.8 Å². The molecule has 0 aliphatic heterocycles. The van der Waals surface area contributed by atoms with Gasteiger partial charge in [-0.2, -0.15) is 0 Å². The summed E-state index contributed by atoms with van der Waals surface area (Å²) in [6.07, 6.45) is 8.75. The second-order valence-electron chi connectivity index (χ2n) is 8.35. The van der Waals surface area contributed by atoms with Crippen molar-refractivity contribution in [1.29, 1.82) is 0 Å².